The number of carbonyl (C=O) groups is 1. The van der Waals surface area contributed by atoms with Gasteiger partial charge < -0.3 is 10.1 Å². The van der Waals surface area contributed by atoms with Crippen molar-refractivity contribution in [1.29, 1.82) is 0 Å². The third-order valence-corrected chi connectivity index (χ3v) is 4.68. The number of rotatable bonds is 6. The van der Waals surface area contributed by atoms with Gasteiger partial charge in [-0.15, -0.1) is 0 Å². The summed E-state index contributed by atoms with van der Waals surface area (Å²) in [5.41, 5.74) is -9.13. The van der Waals surface area contributed by atoms with Crippen LogP contribution in [0.15, 0.2) is 34.8 Å². The summed E-state index contributed by atoms with van der Waals surface area (Å²) < 4.78 is 135. The van der Waals surface area contributed by atoms with E-state index in [2.05, 4.69) is 20.7 Å². The molecule has 1 amide bonds. The van der Waals surface area contributed by atoms with Crippen molar-refractivity contribution in [3.63, 3.8) is 0 Å². The van der Waals surface area contributed by atoms with Crippen molar-refractivity contribution in [3.8, 4) is 5.75 Å². The van der Waals surface area contributed by atoms with E-state index in [0.29, 0.717) is 0 Å². The van der Waals surface area contributed by atoms with Gasteiger partial charge in [0.05, 0.1) is 16.9 Å². The third kappa shape index (κ3) is 5.10. The monoisotopic (exact) mass is 558 g/mol. The number of hydrogen-bond donors (Lipinski definition) is 3. The molecule has 16 heteroatoms. The van der Waals surface area contributed by atoms with E-state index in [-0.39, 0.29) is 12.1 Å². The molecule has 2 aromatic carbocycles. The number of carbonyl (C=O) groups excluding carboxylic acids is 1. The Bertz CT molecular complexity index is 1030. The van der Waals surface area contributed by atoms with Crippen molar-refractivity contribution in [1.82, 2.24) is 0 Å². The first-order valence-electron chi connectivity index (χ1n) is 8.15. The number of alkyl halides is 9. The van der Waals surface area contributed by atoms with Crippen LogP contribution >= 0.6 is 15.9 Å². The molecule has 0 aliphatic rings. The smallest absolute Gasteiger partial charge is 0.433 e. The topological polar surface area (TPSA) is 70.6 Å². The maximum Gasteiger partial charge on any atom is 0.435 e. The Morgan fingerprint density at radius 3 is 2.09 bits per heavy atom. The van der Waals surface area contributed by atoms with Gasteiger partial charge in [0, 0.05) is 10.0 Å². The summed E-state index contributed by atoms with van der Waals surface area (Å²) >= 11 is 2.47. The van der Waals surface area contributed by atoms with Crippen LogP contribution in [0.4, 0.5) is 55.3 Å². The van der Waals surface area contributed by atoms with Gasteiger partial charge in [-0.2, -0.15) is 35.1 Å². The van der Waals surface area contributed by atoms with Crippen LogP contribution in [0.2, 0.25) is 0 Å². The molecular formula is C17H9BrF10N2O3. The Morgan fingerprint density at radius 2 is 1.61 bits per heavy atom. The van der Waals surface area contributed by atoms with Crippen LogP contribution in [0.25, 0.3) is 0 Å². The average molecular weight is 559 g/mol. The fourth-order valence-corrected chi connectivity index (χ4v) is 3.09. The molecule has 2 aromatic rings. The number of nitrogens with one attached hydrogen (secondary N) is 2. The van der Waals surface area contributed by atoms with E-state index in [1.165, 1.54) is 5.48 Å². The van der Waals surface area contributed by atoms with E-state index in [4.69, 9.17) is 5.21 Å². The molecule has 0 aliphatic carbocycles. The maximum atomic E-state index is 14.3. The maximum absolute atomic E-state index is 14.3. The Morgan fingerprint density at radius 1 is 1.03 bits per heavy atom. The molecule has 0 saturated carbocycles. The van der Waals surface area contributed by atoms with Crippen LogP contribution in [0.5, 0.6) is 5.75 Å². The van der Waals surface area contributed by atoms with Gasteiger partial charge in [-0.25, -0.2) is 8.78 Å². The zero-order valence-electron chi connectivity index (χ0n) is 15.4. The number of anilines is 2. The van der Waals surface area contributed by atoms with Crippen LogP contribution in [0.3, 0.4) is 0 Å². The first kappa shape index (κ1) is 26.5. The van der Waals surface area contributed by atoms with Gasteiger partial charge in [0.25, 0.3) is 5.91 Å². The van der Waals surface area contributed by atoms with Crippen LogP contribution in [0, 0.1) is 5.82 Å². The molecule has 0 unspecified atom stereocenters. The van der Waals surface area contributed by atoms with Crippen molar-refractivity contribution in [2.45, 2.75) is 24.6 Å². The minimum atomic E-state index is -6.56. The molecule has 0 aromatic heterocycles. The summed E-state index contributed by atoms with van der Waals surface area (Å²) in [7, 11) is 0. The average Bonchev–Trinajstić information content (AvgIpc) is 2.67. The lowest BCUT2D eigenvalue weighted by Crippen LogP contribution is -2.50. The highest BCUT2D eigenvalue weighted by Gasteiger charge is 2.73. The summed E-state index contributed by atoms with van der Waals surface area (Å²) in [5.74, 6) is -4.27. The Balaban J connectivity index is 2.65. The second kappa shape index (κ2) is 9.24. The summed E-state index contributed by atoms with van der Waals surface area (Å²) in [4.78, 5) is 12.3. The quantitative estimate of drug-likeness (QED) is 0.278. The number of benzene rings is 2. The molecule has 0 aliphatic heterocycles. The van der Waals surface area contributed by atoms with E-state index >= 15 is 0 Å². The minimum absolute atomic E-state index is 0.0586. The van der Waals surface area contributed by atoms with Gasteiger partial charge in [0.15, 0.2) is 11.6 Å². The van der Waals surface area contributed by atoms with Gasteiger partial charge in [-0.05, 0) is 40.2 Å². The summed E-state index contributed by atoms with van der Waals surface area (Å²) in [6, 6.07) is 2.51. The molecule has 33 heavy (non-hydrogen) atoms. The van der Waals surface area contributed by atoms with Crippen molar-refractivity contribution in [3.05, 3.63) is 51.7 Å². The van der Waals surface area contributed by atoms with Gasteiger partial charge in [0.1, 0.15) is 0 Å². The number of halogens is 11. The van der Waals surface area contributed by atoms with E-state index < -0.39 is 69.1 Å². The van der Waals surface area contributed by atoms with Crippen LogP contribution in [-0.4, -0.2) is 30.1 Å². The van der Waals surface area contributed by atoms with Crippen molar-refractivity contribution >= 4 is 33.2 Å². The lowest BCUT2D eigenvalue weighted by Gasteiger charge is -2.31. The second-order valence-corrected chi connectivity index (χ2v) is 6.95. The van der Waals surface area contributed by atoms with Crippen LogP contribution in [0.1, 0.15) is 15.9 Å². The fraction of sp³-hybridized carbons (Fsp3) is 0.235. The molecule has 3 N–H and O–H groups in total. The molecule has 0 heterocycles. The molecular weight excluding hydrogens is 550 g/mol. The highest BCUT2D eigenvalue weighted by molar-refractivity contribution is 9.10. The van der Waals surface area contributed by atoms with E-state index in [1.54, 1.807) is 5.32 Å². The third-order valence-electron chi connectivity index (χ3n) is 4.05. The largest absolute Gasteiger partial charge is 0.435 e. The van der Waals surface area contributed by atoms with Gasteiger partial charge in [-0.3, -0.25) is 15.5 Å². The zero-order chi connectivity index (χ0) is 25.4. The van der Waals surface area contributed by atoms with E-state index in [0.717, 1.165) is 18.2 Å². The molecule has 0 radical (unpaired) electrons. The standard InChI is InChI=1S/C17H9BrF10N2O3/c18-8-4-6(15(22,16(23,24)25)17(26,27)28)5-10(33-14(20)21)12(8)29-13(31)7-2-1-3-9(30-32)11(7)19/h1-5,14,30,32H,(H,29,31). The highest BCUT2D eigenvalue weighted by atomic mass is 79.9. The SMILES string of the molecule is O=C(Nc1c(Br)cc(C(F)(C(F)(F)F)C(F)(F)F)cc1OC(F)F)c1cccc(NO)c1F. The number of amides is 1. The lowest BCUT2D eigenvalue weighted by atomic mass is 9.93. The molecule has 0 bridgehead atoms. The summed E-state index contributed by atoms with van der Waals surface area (Å²) in [5, 5.41) is 10.6. The van der Waals surface area contributed by atoms with Crippen molar-refractivity contribution < 1.29 is 58.6 Å². The molecule has 0 fully saturated rings. The van der Waals surface area contributed by atoms with Crippen molar-refractivity contribution in [2.24, 2.45) is 0 Å². The zero-order valence-corrected chi connectivity index (χ0v) is 17.0. The normalized spacial score (nSPS) is 12.6. The van der Waals surface area contributed by atoms with Crippen LogP contribution in [-0.2, 0) is 5.67 Å². The molecule has 0 atom stereocenters. The Kier molecular flexibility index (Phi) is 7.42. The first-order valence-corrected chi connectivity index (χ1v) is 8.95. The molecule has 0 saturated heterocycles. The van der Waals surface area contributed by atoms with Gasteiger partial charge in [0.2, 0.25) is 0 Å². The second-order valence-electron chi connectivity index (χ2n) is 6.10. The fourth-order valence-electron chi connectivity index (χ4n) is 2.55. The van der Waals surface area contributed by atoms with Crippen molar-refractivity contribution in [2.75, 3.05) is 10.8 Å². The summed E-state index contributed by atoms with van der Waals surface area (Å²) in [6.07, 6.45) is -13.1. The molecule has 5 nitrogen and oxygen atoms in total. The molecule has 0 spiro atoms. The van der Waals surface area contributed by atoms with E-state index in [1.807, 2.05) is 0 Å². The molecule has 2 rings (SSSR count). The first-order chi connectivity index (χ1) is 15.0. The summed E-state index contributed by atoms with van der Waals surface area (Å²) in [6.45, 7) is -3.83. The highest BCUT2D eigenvalue weighted by Crippen LogP contribution is 2.55. The van der Waals surface area contributed by atoms with Gasteiger partial charge >= 0.3 is 24.6 Å². The molecule has 182 valence electrons. The van der Waals surface area contributed by atoms with Gasteiger partial charge in [-0.1, -0.05) is 6.07 Å². The Hall–Kier alpha value is -2.75. The van der Waals surface area contributed by atoms with E-state index in [9.17, 15) is 48.7 Å². The van der Waals surface area contributed by atoms with Crippen LogP contribution < -0.4 is 15.5 Å². The number of ether oxygens (including phenoxy) is 1. The number of hydrogen-bond acceptors (Lipinski definition) is 4. The predicted molar refractivity (Wildman–Crippen MR) is 95.4 cm³/mol. The lowest BCUT2D eigenvalue weighted by molar-refractivity contribution is -0.348. The Labute approximate surface area is 185 Å². The predicted octanol–water partition coefficient (Wildman–Crippen LogP) is 6.53. The minimum Gasteiger partial charge on any atom is -0.433 e.